The summed E-state index contributed by atoms with van der Waals surface area (Å²) in [6.07, 6.45) is 18.8. The molecule has 4 rings (SSSR count). The summed E-state index contributed by atoms with van der Waals surface area (Å²) in [5, 5.41) is 0. The molecular formula is C31H48O2. The van der Waals surface area contributed by atoms with Crippen LogP contribution in [0.4, 0.5) is 0 Å². The molecule has 2 nitrogen and oxygen atoms in total. The zero-order valence-corrected chi connectivity index (χ0v) is 22.2. The Bertz CT molecular complexity index is 821. The molecule has 0 N–H and O–H groups in total. The molecule has 0 radical (unpaired) electrons. The molecule has 4 aliphatic rings. The first kappa shape index (κ1) is 24.8. The van der Waals surface area contributed by atoms with Crippen molar-refractivity contribution in [1.29, 1.82) is 0 Å². The normalized spacial score (nSPS) is 42.0. The molecule has 0 saturated heterocycles. The zero-order valence-electron chi connectivity index (χ0n) is 22.2. The highest BCUT2D eigenvalue weighted by atomic mass is 16.5. The van der Waals surface area contributed by atoms with E-state index < -0.39 is 0 Å². The first-order valence-electron chi connectivity index (χ1n) is 13.8. The average molecular weight is 453 g/mol. The predicted octanol–water partition coefficient (Wildman–Crippen LogP) is 8.29. The van der Waals surface area contributed by atoms with Gasteiger partial charge in [0.1, 0.15) is 6.10 Å². The SMILES string of the molecule is C=C(C)[C@H](C=C[C@@H](C)[C@H]1CC[C@H]2[C@@H]3CC=C4C[C@@H](OC(C)=O)CC[C@]4(C)[C@H]3CC[C@]12C)CC. The van der Waals surface area contributed by atoms with Crippen LogP contribution >= 0.6 is 0 Å². The van der Waals surface area contributed by atoms with E-state index in [0.717, 1.165) is 42.9 Å². The second-order valence-electron chi connectivity index (χ2n) is 12.6. The minimum atomic E-state index is -0.125. The number of allylic oxidation sites excluding steroid dienone is 4. The molecule has 0 aromatic heterocycles. The van der Waals surface area contributed by atoms with Gasteiger partial charge in [0.25, 0.3) is 0 Å². The van der Waals surface area contributed by atoms with Crippen LogP contribution < -0.4 is 0 Å². The van der Waals surface area contributed by atoms with E-state index in [1.54, 1.807) is 12.5 Å². The van der Waals surface area contributed by atoms with Crippen LogP contribution in [-0.2, 0) is 9.53 Å². The van der Waals surface area contributed by atoms with Gasteiger partial charge in [-0.2, -0.15) is 0 Å². The van der Waals surface area contributed by atoms with Crippen molar-refractivity contribution in [2.45, 2.75) is 105 Å². The fourth-order valence-corrected chi connectivity index (χ4v) is 8.96. The maximum atomic E-state index is 11.5. The number of carbonyl (C=O) groups is 1. The van der Waals surface area contributed by atoms with Crippen molar-refractivity contribution >= 4 is 5.97 Å². The Morgan fingerprint density at radius 3 is 2.58 bits per heavy atom. The molecule has 3 fully saturated rings. The van der Waals surface area contributed by atoms with Gasteiger partial charge in [0.2, 0.25) is 0 Å². The van der Waals surface area contributed by atoms with Crippen molar-refractivity contribution in [3.8, 4) is 0 Å². The maximum absolute atomic E-state index is 11.5. The first-order chi connectivity index (χ1) is 15.6. The van der Waals surface area contributed by atoms with Crippen LogP contribution in [0.5, 0.6) is 0 Å². The van der Waals surface area contributed by atoms with Gasteiger partial charge < -0.3 is 4.74 Å². The summed E-state index contributed by atoms with van der Waals surface area (Å²) in [4.78, 5) is 11.5. The molecule has 0 unspecified atom stereocenters. The van der Waals surface area contributed by atoms with Gasteiger partial charge in [0, 0.05) is 13.3 Å². The molecule has 0 aliphatic heterocycles. The number of hydrogen-bond donors (Lipinski definition) is 0. The van der Waals surface area contributed by atoms with E-state index in [9.17, 15) is 4.79 Å². The van der Waals surface area contributed by atoms with Gasteiger partial charge in [0.15, 0.2) is 0 Å². The standard InChI is InChI=1S/C31H48O2/c1-8-23(20(2)3)10-9-21(4)27-13-14-28-26-12-11-24-19-25(33-22(5)32)15-17-30(24,6)29(26)16-18-31(27,28)7/h9-11,21,23,25-29H,2,8,12-19H2,1,3-7H3/t21-,23+,25+,26+,27-,28+,29+,30+,31-/m1/s1. The summed E-state index contributed by atoms with van der Waals surface area (Å²) < 4.78 is 5.62. The van der Waals surface area contributed by atoms with Crippen molar-refractivity contribution in [3.63, 3.8) is 0 Å². The van der Waals surface area contributed by atoms with Crippen molar-refractivity contribution in [1.82, 2.24) is 0 Å². The number of rotatable bonds is 6. The molecule has 2 heteroatoms. The number of ether oxygens (including phenoxy) is 1. The number of fused-ring (bicyclic) bond motifs is 5. The van der Waals surface area contributed by atoms with E-state index in [1.807, 2.05) is 0 Å². The smallest absolute Gasteiger partial charge is 0.302 e. The molecule has 0 bridgehead atoms. The summed E-state index contributed by atoms with van der Waals surface area (Å²) in [6, 6.07) is 0. The Labute approximate surface area is 203 Å². The van der Waals surface area contributed by atoms with Crippen LogP contribution in [0.1, 0.15) is 99.3 Å². The van der Waals surface area contributed by atoms with Crippen molar-refractivity contribution in [3.05, 3.63) is 36.0 Å². The van der Waals surface area contributed by atoms with Crippen LogP contribution in [0, 0.1) is 46.3 Å². The summed E-state index contributed by atoms with van der Waals surface area (Å²) in [5.74, 6) is 4.36. The largest absolute Gasteiger partial charge is 0.462 e. The fourth-order valence-electron chi connectivity index (χ4n) is 8.96. The second kappa shape index (κ2) is 9.38. The highest BCUT2D eigenvalue weighted by molar-refractivity contribution is 5.66. The van der Waals surface area contributed by atoms with Crippen LogP contribution in [0.3, 0.4) is 0 Å². The number of esters is 1. The van der Waals surface area contributed by atoms with Gasteiger partial charge in [-0.3, -0.25) is 4.79 Å². The quantitative estimate of drug-likeness (QED) is 0.299. The van der Waals surface area contributed by atoms with E-state index in [2.05, 4.69) is 59.4 Å². The minimum absolute atomic E-state index is 0.0990. The lowest BCUT2D eigenvalue weighted by atomic mass is 9.47. The molecule has 9 atom stereocenters. The van der Waals surface area contributed by atoms with Crippen LogP contribution in [0.25, 0.3) is 0 Å². The molecule has 0 heterocycles. The summed E-state index contributed by atoms with van der Waals surface area (Å²) in [5.41, 5.74) is 3.69. The highest BCUT2D eigenvalue weighted by Gasteiger charge is 2.59. The molecule has 0 spiro atoms. The van der Waals surface area contributed by atoms with E-state index in [1.165, 1.54) is 44.1 Å². The van der Waals surface area contributed by atoms with Gasteiger partial charge in [-0.1, -0.05) is 63.6 Å². The summed E-state index contributed by atoms with van der Waals surface area (Å²) in [7, 11) is 0. The molecule has 0 aromatic rings. The average Bonchev–Trinajstić information content (AvgIpc) is 3.11. The van der Waals surface area contributed by atoms with Gasteiger partial charge in [-0.25, -0.2) is 0 Å². The summed E-state index contributed by atoms with van der Waals surface area (Å²) in [6.45, 7) is 17.9. The van der Waals surface area contributed by atoms with E-state index in [-0.39, 0.29) is 12.1 Å². The lowest BCUT2D eigenvalue weighted by Crippen LogP contribution is -2.51. The molecule has 0 amide bonds. The van der Waals surface area contributed by atoms with Crippen molar-refractivity contribution in [2.24, 2.45) is 46.3 Å². The molecule has 3 saturated carbocycles. The Balaban J connectivity index is 1.50. The third kappa shape index (κ3) is 4.41. The molecule has 0 aromatic carbocycles. The van der Waals surface area contributed by atoms with Crippen molar-refractivity contribution in [2.75, 3.05) is 0 Å². The molecule has 4 aliphatic carbocycles. The summed E-state index contributed by atoms with van der Waals surface area (Å²) >= 11 is 0. The Morgan fingerprint density at radius 1 is 1.15 bits per heavy atom. The predicted molar refractivity (Wildman–Crippen MR) is 138 cm³/mol. The van der Waals surface area contributed by atoms with Crippen LogP contribution in [0.2, 0.25) is 0 Å². The third-order valence-electron chi connectivity index (χ3n) is 10.8. The van der Waals surface area contributed by atoms with Gasteiger partial charge in [-0.05, 0) is 105 Å². The van der Waals surface area contributed by atoms with Crippen LogP contribution in [0.15, 0.2) is 36.0 Å². The van der Waals surface area contributed by atoms with Gasteiger partial charge in [0.05, 0.1) is 0 Å². The second-order valence-corrected chi connectivity index (χ2v) is 12.6. The van der Waals surface area contributed by atoms with Crippen molar-refractivity contribution < 1.29 is 9.53 Å². The molecule has 33 heavy (non-hydrogen) atoms. The zero-order chi connectivity index (χ0) is 24.0. The number of hydrogen-bond acceptors (Lipinski definition) is 2. The first-order valence-corrected chi connectivity index (χ1v) is 13.8. The van der Waals surface area contributed by atoms with E-state index in [0.29, 0.717) is 22.7 Å². The van der Waals surface area contributed by atoms with E-state index in [4.69, 9.17) is 4.74 Å². The Kier molecular flexibility index (Phi) is 7.05. The number of carbonyl (C=O) groups excluding carboxylic acids is 1. The Hall–Kier alpha value is -1.31. The van der Waals surface area contributed by atoms with Gasteiger partial charge in [-0.15, -0.1) is 0 Å². The lowest BCUT2D eigenvalue weighted by molar-refractivity contribution is -0.148. The van der Waals surface area contributed by atoms with Gasteiger partial charge >= 0.3 is 5.97 Å². The van der Waals surface area contributed by atoms with E-state index >= 15 is 0 Å². The molecular weight excluding hydrogens is 404 g/mol. The molecule has 184 valence electrons. The Morgan fingerprint density at radius 2 is 1.91 bits per heavy atom. The lowest BCUT2D eigenvalue weighted by Gasteiger charge is -2.58. The fraction of sp³-hybridized carbons (Fsp3) is 0.774. The minimum Gasteiger partial charge on any atom is -0.462 e. The highest BCUT2D eigenvalue weighted by Crippen LogP contribution is 2.67. The third-order valence-corrected chi connectivity index (χ3v) is 10.8. The topological polar surface area (TPSA) is 26.3 Å². The monoisotopic (exact) mass is 452 g/mol. The maximum Gasteiger partial charge on any atom is 0.302 e. The van der Waals surface area contributed by atoms with Crippen LogP contribution in [-0.4, -0.2) is 12.1 Å².